The van der Waals surface area contributed by atoms with Crippen LogP contribution in [-0.4, -0.2) is 58.6 Å². The van der Waals surface area contributed by atoms with Crippen molar-refractivity contribution in [3.63, 3.8) is 0 Å². The normalized spacial score (nSPS) is 23.3. The first-order chi connectivity index (χ1) is 16.6. The van der Waals surface area contributed by atoms with Gasteiger partial charge in [0.2, 0.25) is 11.9 Å². The number of aromatic nitrogens is 3. The van der Waals surface area contributed by atoms with Gasteiger partial charge in [-0.1, -0.05) is 0 Å². The number of urea groups is 1. The summed E-state index contributed by atoms with van der Waals surface area (Å²) in [5.74, 6) is 1.30. The molecule has 4 heterocycles. The second kappa shape index (κ2) is 8.54. The molecule has 0 spiro atoms. The number of hydrogen-bond acceptors (Lipinski definition) is 7. The van der Waals surface area contributed by atoms with Crippen molar-refractivity contribution in [1.82, 2.24) is 20.3 Å². The van der Waals surface area contributed by atoms with E-state index in [1.807, 2.05) is 18.9 Å². The molecular formula is C22H25F3N8O2. The van der Waals surface area contributed by atoms with Crippen LogP contribution in [0.2, 0.25) is 0 Å². The highest BCUT2D eigenvalue weighted by Crippen LogP contribution is 2.40. The first kappa shape index (κ1) is 23.1. The number of rotatable bonds is 4. The summed E-state index contributed by atoms with van der Waals surface area (Å²) in [4.78, 5) is 41.2. The average molecular weight is 490 g/mol. The number of alkyl halides is 3. The van der Waals surface area contributed by atoms with Crippen molar-refractivity contribution in [1.29, 1.82) is 0 Å². The second-order valence-corrected chi connectivity index (χ2v) is 9.08. The molecule has 3 N–H and O–H groups in total. The second-order valence-electron chi connectivity index (χ2n) is 9.08. The predicted molar refractivity (Wildman–Crippen MR) is 122 cm³/mol. The molecule has 13 heteroatoms. The van der Waals surface area contributed by atoms with Gasteiger partial charge in [-0.25, -0.2) is 14.8 Å². The molecule has 1 atom stereocenters. The van der Waals surface area contributed by atoms with Gasteiger partial charge >= 0.3 is 12.2 Å². The van der Waals surface area contributed by atoms with Crippen LogP contribution in [0.5, 0.6) is 0 Å². The molecule has 0 radical (unpaired) electrons. The van der Waals surface area contributed by atoms with Crippen molar-refractivity contribution >= 4 is 35.1 Å². The zero-order valence-electron chi connectivity index (χ0n) is 19.2. The summed E-state index contributed by atoms with van der Waals surface area (Å²) in [5.41, 5.74) is 0.811. The first-order valence-electron chi connectivity index (χ1n) is 11.4. The number of aryl methyl sites for hydroxylation is 1. The van der Waals surface area contributed by atoms with Crippen LogP contribution in [0.3, 0.4) is 0 Å². The SMILES string of the molecule is C[C@H]1C(=O)N2CCCc3nc(NC4CC(NC(=O)Nc5ccc(C(F)(F)F)nc5)C4)nc(c32)N1C. The monoisotopic (exact) mass is 490 g/mol. The molecule has 3 aliphatic rings. The smallest absolute Gasteiger partial charge is 0.351 e. The Hall–Kier alpha value is -3.64. The molecule has 1 aliphatic carbocycles. The number of pyridine rings is 1. The van der Waals surface area contributed by atoms with E-state index >= 15 is 0 Å². The summed E-state index contributed by atoms with van der Waals surface area (Å²) >= 11 is 0. The molecule has 0 aromatic carbocycles. The van der Waals surface area contributed by atoms with E-state index in [-0.39, 0.29) is 29.7 Å². The van der Waals surface area contributed by atoms with E-state index in [4.69, 9.17) is 0 Å². The molecule has 3 amide bonds. The van der Waals surface area contributed by atoms with Gasteiger partial charge in [-0.3, -0.25) is 4.79 Å². The third kappa shape index (κ3) is 4.42. The molecule has 5 rings (SSSR count). The van der Waals surface area contributed by atoms with Gasteiger partial charge in [0.25, 0.3) is 0 Å². The molecule has 2 aromatic rings. The fraction of sp³-hybridized carbons (Fsp3) is 0.500. The lowest BCUT2D eigenvalue weighted by atomic mass is 9.87. The lowest BCUT2D eigenvalue weighted by Crippen LogP contribution is -2.53. The fourth-order valence-corrected chi connectivity index (χ4v) is 4.58. The van der Waals surface area contributed by atoms with E-state index in [2.05, 4.69) is 30.9 Å². The zero-order valence-corrected chi connectivity index (χ0v) is 19.2. The van der Waals surface area contributed by atoms with Crippen LogP contribution in [0.1, 0.15) is 37.6 Å². The number of anilines is 4. The number of likely N-dealkylation sites (N-methyl/N-ethyl adjacent to an activating group) is 1. The van der Waals surface area contributed by atoms with Gasteiger partial charge in [-0.2, -0.15) is 18.2 Å². The van der Waals surface area contributed by atoms with Crippen LogP contribution in [0.25, 0.3) is 0 Å². The molecule has 35 heavy (non-hydrogen) atoms. The highest BCUT2D eigenvalue weighted by Gasteiger charge is 2.39. The summed E-state index contributed by atoms with van der Waals surface area (Å²) in [6.45, 7) is 2.54. The minimum Gasteiger partial charge on any atom is -0.351 e. The van der Waals surface area contributed by atoms with Crippen molar-refractivity contribution in [2.45, 2.75) is 56.9 Å². The highest BCUT2D eigenvalue weighted by molar-refractivity contribution is 6.05. The fourth-order valence-electron chi connectivity index (χ4n) is 4.58. The maximum atomic E-state index is 12.7. The number of carbonyl (C=O) groups is 2. The van der Waals surface area contributed by atoms with Crippen LogP contribution in [0.4, 0.5) is 41.1 Å². The van der Waals surface area contributed by atoms with Gasteiger partial charge in [0.15, 0.2) is 5.82 Å². The molecule has 186 valence electrons. The molecule has 10 nitrogen and oxygen atoms in total. The Bertz CT molecular complexity index is 1150. The topological polar surface area (TPSA) is 115 Å². The Morgan fingerprint density at radius 3 is 2.63 bits per heavy atom. The van der Waals surface area contributed by atoms with E-state index in [9.17, 15) is 22.8 Å². The molecule has 0 unspecified atom stereocenters. The summed E-state index contributed by atoms with van der Waals surface area (Å²) in [5, 5.41) is 8.61. The van der Waals surface area contributed by atoms with Crippen molar-refractivity contribution in [2.24, 2.45) is 0 Å². The number of hydrogen-bond donors (Lipinski definition) is 3. The predicted octanol–water partition coefficient (Wildman–Crippen LogP) is 2.77. The Labute approximate surface area is 199 Å². The Balaban J connectivity index is 1.16. The van der Waals surface area contributed by atoms with Crippen LogP contribution in [0, 0.1) is 0 Å². The molecular weight excluding hydrogens is 465 g/mol. The first-order valence-corrected chi connectivity index (χ1v) is 11.4. The van der Waals surface area contributed by atoms with Crippen LogP contribution < -0.4 is 25.8 Å². The van der Waals surface area contributed by atoms with E-state index < -0.39 is 17.9 Å². The number of nitrogens with one attached hydrogen (secondary N) is 3. The minimum atomic E-state index is -4.53. The van der Waals surface area contributed by atoms with Gasteiger partial charge in [0.05, 0.1) is 17.6 Å². The van der Waals surface area contributed by atoms with Gasteiger partial charge in [-0.05, 0) is 44.7 Å². The highest BCUT2D eigenvalue weighted by atomic mass is 19.4. The number of carbonyl (C=O) groups excluding carboxylic acids is 2. The zero-order chi connectivity index (χ0) is 24.9. The molecule has 2 aromatic heterocycles. The Morgan fingerprint density at radius 2 is 1.94 bits per heavy atom. The van der Waals surface area contributed by atoms with E-state index in [1.54, 1.807) is 4.90 Å². The van der Waals surface area contributed by atoms with Crippen LogP contribution >= 0.6 is 0 Å². The Kier molecular flexibility index (Phi) is 5.64. The third-order valence-corrected chi connectivity index (χ3v) is 6.66. The van der Waals surface area contributed by atoms with Crippen molar-refractivity contribution < 1.29 is 22.8 Å². The lowest BCUT2D eigenvalue weighted by molar-refractivity contribution is -0.141. The van der Waals surface area contributed by atoms with E-state index in [0.717, 1.165) is 48.4 Å². The maximum Gasteiger partial charge on any atom is 0.433 e. The summed E-state index contributed by atoms with van der Waals surface area (Å²) in [7, 11) is 1.86. The van der Waals surface area contributed by atoms with Gasteiger partial charge < -0.3 is 25.8 Å². The standard InChI is InChI=1S/C22H25F3N8O2/c1-11-19(34)33-7-3-4-15-17(33)18(32(11)2)31-20(30-15)27-13-8-14(9-13)29-21(35)28-12-5-6-16(26-10-12)22(23,24)25/h5-6,10-11,13-14H,3-4,7-9H2,1-2H3,(H,27,30,31)(H2,28,29,35)/t11-,13?,14?/m0/s1. The average Bonchev–Trinajstić information content (AvgIpc) is 2.79. The summed E-state index contributed by atoms with van der Waals surface area (Å²) < 4.78 is 37.8. The molecule has 0 bridgehead atoms. The largest absolute Gasteiger partial charge is 0.433 e. The molecule has 1 fully saturated rings. The van der Waals surface area contributed by atoms with Crippen LogP contribution in [0.15, 0.2) is 18.3 Å². The number of nitrogens with zero attached hydrogens (tertiary/aromatic N) is 5. The third-order valence-electron chi connectivity index (χ3n) is 6.66. The quantitative estimate of drug-likeness (QED) is 0.604. The van der Waals surface area contributed by atoms with Crippen molar-refractivity contribution in [2.75, 3.05) is 34.0 Å². The Morgan fingerprint density at radius 1 is 1.17 bits per heavy atom. The van der Waals surface area contributed by atoms with Gasteiger partial charge in [0, 0.05) is 25.7 Å². The summed E-state index contributed by atoms with van der Waals surface area (Å²) in [6, 6.07) is 1.13. The van der Waals surface area contributed by atoms with Gasteiger partial charge in [0.1, 0.15) is 17.4 Å². The molecule has 2 aliphatic heterocycles. The maximum absolute atomic E-state index is 12.7. The van der Waals surface area contributed by atoms with E-state index in [1.165, 1.54) is 0 Å². The number of halogens is 3. The number of amides is 3. The van der Waals surface area contributed by atoms with Crippen LogP contribution in [-0.2, 0) is 17.4 Å². The van der Waals surface area contributed by atoms with Gasteiger partial charge in [-0.15, -0.1) is 0 Å². The molecule has 1 saturated carbocycles. The molecule has 0 saturated heterocycles. The lowest BCUT2D eigenvalue weighted by Gasteiger charge is -2.42. The van der Waals surface area contributed by atoms with Crippen molar-refractivity contribution in [3.8, 4) is 0 Å². The van der Waals surface area contributed by atoms with Crippen molar-refractivity contribution in [3.05, 3.63) is 29.7 Å². The summed E-state index contributed by atoms with van der Waals surface area (Å²) in [6.07, 6.45) is -0.640. The minimum absolute atomic E-state index is 0.0588. The van der Waals surface area contributed by atoms with E-state index in [0.29, 0.717) is 25.3 Å².